The lowest BCUT2D eigenvalue weighted by Crippen LogP contribution is -2.00. The third kappa shape index (κ3) is 4.25. The van der Waals surface area contributed by atoms with Crippen LogP contribution in [-0.4, -0.2) is 23.2 Å². The molecule has 0 unspecified atom stereocenters. The average molecular weight is 362 g/mol. The number of hydrogen-bond acceptors (Lipinski definition) is 3. The van der Waals surface area contributed by atoms with Gasteiger partial charge in [-0.2, -0.15) is 0 Å². The van der Waals surface area contributed by atoms with Crippen molar-refractivity contribution in [2.24, 2.45) is 0 Å². The number of aliphatic carboxylic acids is 1. The van der Waals surface area contributed by atoms with Gasteiger partial charge in [0, 0.05) is 17.4 Å². The van der Waals surface area contributed by atoms with Crippen molar-refractivity contribution in [2.45, 2.75) is 12.8 Å². The van der Waals surface area contributed by atoms with Crippen LogP contribution in [0.4, 0.5) is 4.39 Å². The zero-order valence-electron chi connectivity index (χ0n) is 13.5. The Labute approximate surface area is 150 Å². The molecule has 3 aromatic rings. The molecule has 0 saturated carbocycles. The summed E-state index contributed by atoms with van der Waals surface area (Å²) >= 11 is 0. The number of carboxylic acids is 1. The summed E-state index contributed by atoms with van der Waals surface area (Å²) in [4.78, 5) is 15.5. The van der Waals surface area contributed by atoms with E-state index in [9.17, 15) is 9.18 Å². The van der Waals surface area contributed by atoms with Crippen LogP contribution < -0.4 is 4.74 Å². The summed E-state index contributed by atoms with van der Waals surface area (Å²) in [5.74, 6) is -0.506. The van der Waals surface area contributed by atoms with E-state index in [4.69, 9.17) is 9.84 Å². The molecule has 0 aliphatic carbocycles. The largest absolute Gasteiger partial charge is 0.497 e. The molecule has 6 heteroatoms. The average Bonchev–Trinajstić information content (AvgIpc) is 2.59. The lowest BCUT2D eigenvalue weighted by Gasteiger charge is -2.10. The van der Waals surface area contributed by atoms with Gasteiger partial charge in [0.05, 0.1) is 18.3 Å². The molecule has 130 valence electrons. The molecular formula is C19H17ClFNO3. The van der Waals surface area contributed by atoms with Crippen molar-refractivity contribution in [3.05, 3.63) is 59.9 Å². The van der Waals surface area contributed by atoms with Crippen LogP contribution in [-0.2, 0) is 11.2 Å². The summed E-state index contributed by atoms with van der Waals surface area (Å²) in [6.07, 6.45) is 0.304. The number of rotatable bonds is 5. The Morgan fingerprint density at radius 2 is 1.88 bits per heavy atom. The van der Waals surface area contributed by atoms with E-state index in [2.05, 4.69) is 4.98 Å². The minimum absolute atomic E-state index is 0. The normalized spacial score (nSPS) is 10.3. The second-order valence-electron chi connectivity index (χ2n) is 5.45. The van der Waals surface area contributed by atoms with Gasteiger partial charge in [0.25, 0.3) is 0 Å². The van der Waals surface area contributed by atoms with Gasteiger partial charge in [-0.25, -0.2) is 9.37 Å². The summed E-state index contributed by atoms with van der Waals surface area (Å²) in [7, 11) is 1.60. The number of fused-ring (bicyclic) bond motifs is 1. The smallest absolute Gasteiger partial charge is 0.303 e. The minimum atomic E-state index is -0.887. The van der Waals surface area contributed by atoms with Crippen LogP contribution in [0.3, 0.4) is 0 Å². The number of benzene rings is 2. The van der Waals surface area contributed by atoms with Gasteiger partial charge in [-0.15, -0.1) is 12.4 Å². The predicted molar refractivity (Wildman–Crippen MR) is 96.9 cm³/mol. The Kier molecular flexibility index (Phi) is 5.93. The third-order valence-electron chi connectivity index (χ3n) is 3.85. The number of ether oxygens (including phenoxy) is 1. The van der Waals surface area contributed by atoms with Crippen molar-refractivity contribution in [1.29, 1.82) is 0 Å². The monoisotopic (exact) mass is 361 g/mol. The number of aryl methyl sites for hydroxylation is 1. The van der Waals surface area contributed by atoms with Gasteiger partial charge in [-0.1, -0.05) is 0 Å². The molecular weight excluding hydrogens is 345 g/mol. The zero-order valence-corrected chi connectivity index (χ0v) is 14.3. The van der Waals surface area contributed by atoms with Gasteiger partial charge in [0.15, 0.2) is 0 Å². The summed E-state index contributed by atoms with van der Waals surface area (Å²) < 4.78 is 18.7. The lowest BCUT2D eigenvalue weighted by molar-refractivity contribution is -0.136. The first-order valence-electron chi connectivity index (χ1n) is 7.52. The Hall–Kier alpha value is -2.66. The lowest BCUT2D eigenvalue weighted by atomic mass is 10.0. The molecule has 1 N–H and O–H groups in total. The van der Waals surface area contributed by atoms with Crippen molar-refractivity contribution >= 4 is 29.3 Å². The van der Waals surface area contributed by atoms with Crippen molar-refractivity contribution in [3.8, 4) is 17.0 Å². The molecule has 2 aromatic carbocycles. The second kappa shape index (κ2) is 7.94. The zero-order chi connectivity index (χ0) is 17.1. The van der Waals surface area contributed by atoms with Crippen LogP contribution in [0.2, 0.25) is 0 Å². The topological polar surface area (TPSA) is 59.4 Å². The highest BCUT2D eigenvalue weighted by molar-refractivity contribution is 5.86. The van der Waals surface area contributed by atoms with Crippen molar-refractivity contribution in [2.75, 3.05) is 7.11 Å². The van der Waals surface area contributed by atoms with Crippen LogP contribution in [0.1, 0.15) is 12.0 Å². The maximum atomic E-state index is 13.6. The Morgan fingerprint density at radius 3 is 2.52 bits per heavy atom. The van der Waals surface area contributed by atoms with Crippen molar-refractivity contribution in [1.82, 2.24) is 4.98 Å². The fourth-order valence-corrected chi connectivity index (χ4v) is 2.63. The van der Waals surface area contributed by atoms with E-state index in [-0.39, 0.29) is 24.6 Å². The summed E-state index contributed by atoms with van der Waals surface area (Å²) in [5.41, 5.74) is 3.02. The van der Waals surface area contributed by atoms with Crippen molar-refractivity contribution in [3.63, 3.8) is 0 Å². The van der Waals surface area contributed by atoms with Crippen LogP contribution in [0.25, 0.3) is 22.2 Å². The highest BCUT2D eigenvalue weighted by Gasteiger charge is 2.10. The van der Waals surface area contributed by atoms with Gasteiger partial charge in [0.1, 0.15) is 11.6 Å². The fraction of sp³-hybridized carbons (Fsp3) is 0.158. The van der Waals surface area contributed by atoms with Gasteiger partial charge in [-0.3, -0.25) is 4.79 Å². The van der Waals surface area contributed by atoms with E-state index >= 15 is 0 Å². The highest BCUT2D eigenvalue weighted by Crippen LogP contribution is 2.27. The second-order valence-corrected chi connectivity index (χ2v) is 5.45. The number of methoxy groups -OCH3 is 1. The third-order valence-corrected chi connectivity index (χ3v) is 3.85. The fourth-order valence-electron chi connectivity index (χ4n) is 2.63. The van der Waals surface area contributed by atoms with E-state index < -0.39 is 5.97 Å². The summed E-state index contributed by atoms with van der Waals surface area (Å²) in [6.45, 7) is 0. The Balaban J connectivity index is 0.00000225. The number of halogens is 2. The van der Waals surface area contributed by atoms with E-state index in [1.165, 1.54) is 12.1 Å². The molecule has 0 aliphatic rings. The molecule has 25 heavy (non-hydrogen) atoms. The molecule has 0 fully saturated rings. The van der Waals surface area contributed by atoms with Crippen LogP contribution in [0.5, 0.6) is 5.75 Å². The maximum absolute atomic E-state index is 13.6. The minimum Gasteiger partial charge on any atom is -0.497 e. The van der Waals surface area contributed by atoms with E-state index in [0.717, 1.165) is 22.6 Å². The molecule has 0 amide bonds. The standard InChI is InChI=1S/C19H16FNO3.ClH/c1-24-15-6-2-12(3-7-15)18-10-13(4-9-19(22)23)16-11-14(20)5-8-17(16)21-18;/h2-3,5-8,10-11H,4,9H2,1H3,(H,22,23);1H. The summed E-state index contributed by atoms with van der Waals surface area (Å²) in [6, 6.07) is 13.6. The molecule has 0 bridgehead atoms. The van der Waals surface area contributed by atoms with Crippen LogP contribution in [0, 0.1) is 5.82 Å². The maximum Gasteiger partial charge on any atom is 0.303 e. The first-order chi connectivity index (χ1) is 11.6. The number of nitrogens with zero attached hydrogens (tertiary/aromatic N) is 1. The molecule has 1 aromatic heterocycles. The number of hydrogen-bond donors (Lipinski definition) is 1. The number of pyridine rings is 1. The van der Waals surface area contributed by atoms with E-state index in [1.807, 2.05) is 30.3 Å². The highest BCUT2D eigenvalue weighted by atomic mass is 35.5. The van der Waals surface area contributed by atoms with Crippen LogP contribution in [0.15, 0.2) is 48.5 Å². The van der Waals surface area contributed by atoms with Crippen LogP contribution >= 0.6 is 12.4 Å². The molecule has 0 radical (unpaired) electrons. The molecule has 4 nitrogen and oxygen atoms in total. The quantitative estimate of drug-likeness (QED) is 0.727. The first-order valence-corrected chi connectivity index (χ1v) is 7.52. The number of aromatic nitrogens is 1. The first kappa shape index (κ1) is 18.7. The molecule has 0 aliphatic heterocycles. The number of carboxylic acid groups (broad SMARTS) is 1. The Morgan fingerprint density at radius 1 is 1.16 bits per heavy atom. The van der Waals surface area contributed by atoms with Gasteiger partial charge in [-0.05, 0) is 60.5 Å². The van der Waals surface area contributed by atoms with Gasteiger partial charge >= 0.3 is 5.97 Å². The molecule has 0 atom stereocenters. The van der Waals surface area contributed by atoms with Crippen molar-refractivity contribution < 1.29 is 19.0 Å². The number of carbonyl (C=O) groups is 1. The SMILES string of the molecule is COc1ccc(-c2cc(CCC(=O)O)c3cc(F)ccc3n2)cc1.Cl. The molecule has 0 spiro atoms. The van der Waals surface area contributed by atoms with E-state index in [0.29, 0.717) is 17.3 Å². The predicted octanol–water partition coefficient (Wildman–Crippen LogP) is 4.49. The van der Waals surface area contributed by atoms with E-state index in [1.54, 1.807) is 13.2 Å². The molecule has 1 heterocycles. The molecule has 0 saturated heterocycles. The summed E-state index contributed by atoms with van der Waals surface area (Å²) in [5, 5.41) is 9.59. The Bertz CT molecular complexity index is 897. The van der Waals surface area contributed by atoms with Gasteiger partial charge < -0.3 is 9.84 Å². The molecule has 3 rings (SSSR count). The van der Waals surface area contributed by atoms with Gasteiger partial charge in [0.2, 0.25) is 0 Å².